The maximum Gasteiger partial charge on any atom is 0.251 e. The van der Waals surface area contributed by atoms with Crippen LogP contribution in [0.5, 0.6) is 17.2 Å². The van der Waals surface area contributed by atoms with Crippen LogP contribution in [0.25, 0.3) is 10.9 Å². The van der Waals surface area contributed by atoms with E-state index >= 15 is 0 Å². The second kappa shape index (κ2) is 8.50. The molecule has 0 amide bonds. The quantitative estimate of drug-likeness (QED) is 0.637. The number of hydrogen-bond acceptors (Lipinski definition) is 5. The number of nitrogens with one attached hydrogen (secondary N) is 1. The van der Waals surface area contributed by atoms with Gasteiger partial charge in [-0.15, -0.1) is 0 Å². The Morgan fingerprint density at radius 2 is 1.70 bits per heavy atom. The van der Waals surface area contributed by atoms with Gasteiger partial charge in [-0.05, 0) is 60.5 Å². The Labute approximate surface area is 176 Å². The number of hydrogen-bond donors (Lipinski definition) is 1. The van der Waals surface area contributed by atoms with Gasteiger partial charge in [0.1, 0.15) is 0 Å². The fraction of sp³-hybridized carbons (Fsp3) is 0.333. The van der Waals surface area contributed by atoms with E-state index in [-0.39, 0.29) is 5.56 Å². The highest BCUT2D eigenvalue weighted by Gasteiger charge is 2.28. The van der Waals surface area contributed by atoms with Gasteiger partial charge in [-0.3, -0.25) is 4.79 Å². The van der Waals surface area contributed by atoms with Crippen molar-refractivity contribution < 1.29 is 14.2 Å². The van der Waals surface area contributed by atoms with Gasteiger partial charge < -0.3 is 19.2 Å². The predicted octanol–water partition coefficient (Wildman–Crippen LogP) is 4.14. The van der Waals surface area contributed by atoms with Crippen LogP contribution in [-0.2, 0) is 18.3 Å². The second-order valence-electron chi connectivity index (χ2n) is 7.43. The van der Waals surface area contributed by atoms with Gasteiger partial charge >= 0.3 is 0 Å². The molecule has 0 aliphatic heterocycles. The normalized spacial score (nSPS) is 12.8. The smallest absolute Gasteiger partial charge is 0.251 e. The largest absolute Gasteiger partial charge is 0.493 e. The van der Waals surface area contributed by atoms with Crippen molar-refractivity contribution in [2.75, 3.05) is 21.3 Å². The van der Waals surface area contributed by atoms with Crippen LogP contribution in [0.1, 0.15) is 30.5 Å². The van der Waals surface area contributed by atoms with Crippen LogP contribution < -0.4 is 19.8 Å². The molecule has 156 valence electrons. The van der Waals surface area contributed by atoms with Crippen molar-refractivity contribution in [1.82, 2.24) is 4.98 Å². The Kier molecular flexibility index (Phi) is 6.02. The van der Waals surface area contributed by atoms with Crippen LogP contribution in [0.15, 0.2) is 41.2 Å². The molecule has 0 aliphatic carbocycles. The summed E-state index contributed by atoms with van der Waals surface area (Å²) in [5.74, 6) is 1.60. The van der Waals surface area contributed by atoms with Crippen LogP contribution in [0.2, 0.25) is 0 Å². The molecule has 6 nitrogen and oxygen atoms in total. The van der Waals surface area contributed by atoms with Crippen molar-refractivity contribution in [3.8, 4) is 23.3 Å². The number of fused-ring (bicyclic) bond motifs is 1. The molecule has 2 aromatic carbocycles. The highest BCUT2D eigenvalue weighted by Crippen LogP contribution is 2.40. The van der Waals surface area contributed by atoms with Gasteiger partial charge in [0.2, 0.25) is 5.75 Å². The molecule has 30 heavy (non-hydrogen) atoms. The summed E-state index contributed by atoms with van der Waals surface area (Å²) in [6, 6.07) is 13.8. The fourth-order valence-corrected chi connectivity index (χ4v) is 3.70. The topological polar surface area (TPSA) is 84.3 Å². The molecule has 0 aliphatic rings. The zero-order chi connectivity index (χ0) is 21.9. The first-order valence-electron chi connectivity index (χ1n) is 9.75. The third kappa shape index (κ3) is 3.84. The van der Waals surface area contributed by atoms with Gasteiger partial charge in [-0.25, -0.2) is 0 Å². The average Bonchev–Trinajstić information content (AvgIpc) is 2.77. The lowest BCUT2D eigenvalue weighted by atomic mass is 9.78. The molecule has 0 fully saturated rings. The lowest BCUT2D eigenvalue weighted by Gasteiger charge is -2.24. The van der Waals surface area contributed by atoms with E-state index in [1.165, 1.54) is 0 Å². The van der Waals surface area contributed by atoms with Crippen LogP contribution in [0.3, 0.4) is 0 Å². The van der Waals surface area contributed by atoms with E-state index in [1.807, 2.05) is 50.2 Å². The highest BCUT2D eigenvalue weighted by atomic mass is 16.5. The van der Waals surface area contributed by atoms with E-state index in [1.54, 1.807) is 21.3 Å². The third-order valence-electron chi connectivity index (χ3n) is 5.47. The number of pyridine rings is 1. The Morgan fingerprint density at radius 3 is 2.23 bits per heavy atom. The van der Waals surface area contributed by atoms with E-state index in [0.717, 1.165) is 27.6 Å². The van der Waals surface area contributed by atoms with E-state index in [2.05, 4.69) is 11.1 Å². The first kappa shape index (κ1) is 21.3. The number of aryl methyl sites for hydroxylation is 1. The molecule has 0 spiro atoms. The standard InChI is InChI=1S/C24H26N2O4/c1-6-16-11-17-7-8-18(12-19(17)26-23(16)27)24(2,14-25)13-15-9-20(28-3)22(30-5)21(10-15)29-4/h7-12H,6,13H2,1-5H3,(H,26,27). The summed E-state index contributed by atoms with van der Waals surface area (Å²) in [6.07, 6.45) is 1.10. The van der Waals surface area contributed by atoms with Gasteiger partial charge in [-0.1, -0.05) is 19.1 Å². The molecule has 1 heterocycles. The van der Waals surface area contributed by atoms with Crippen molar-refractivity contribution in [2.24, 2.45) is 0 Å². The van der Waals surface area contributed by atoms with Crippen molar-refractivity contribution in [3.63, 3.8) is 0 Å². The van der Waals surface area contributed by atoms with E-state index in [0.29, 0.717) is 30.1 Å². The predicted molar refractivity (Wildman–Crippen MR) is 117 cm³/mol. The van der Waals surface area contributed by atoms with E-state index in [9.17, 15) is 10.1 Å². The lowest BCUT2D eigenvalue weighted by molar-refractivity contribution is 0.323. The van der Waals surface area contributed by atoms with Crippen molar-refractivity contribution in [2.45, 2.75) is 32.1 Å². The summed E-state index contributed by atoms with van der Waals surface area (Å²) < 4.78 is 16.3. The van der Waals surface area contributed by atoms with Crippen molar-refractivity contribution >= 4 is 10.9 Å². The number of nitriles is 1. The number of nitrogens with zero attached hydrogens (tertiary/aromatic N) is 1. The number of rotatable bonds is 7. The minimum Gasteiger partial charge on any atom is -0.493 e. The summed E-state index contributed by atoms with van der Waals surface area (Å²) in [4.78, 5) is 15.2. The monoisotopic (exact) mass is 406 g/mol. The molecule has 6 heteroatoms. The molecular weight excluding hydrogens is 380 g/mol. The van der Waals surface area contributed by atoms with Gasteiger partial charge in [0.25, 0.3) is 5.56 Å². The van der Waals surface area contributed by atoms with Crippen LogP contribution in [0, 0.1) is 11.3 Å². The molecule has 3 aromatic rings. The molecule has 3 rings (SSSR count). The SMILES string of the molecule is CCc1cc2ccc(C(C)(C#N)Cc3cc(OC)c(OC)c(OC)c3)cc2[nH]c1=O. The van der Waals surface area contributed by atoms with Crippen molar-refractivity contribution in [1.29, 1.82) is 5.26 Å². The highest BCUT2D eigenvalue weighted by molar-refractivity contribution is 5.80. The maximum absolute atomic E-state index is 12.2. The number of ether oxygens (including phenoxy) is 3. The van der Waals surface area contributed by atoms with Gasteiger partial charge in [0.05, 0.1) is 32.8 Å². The fourth-order valence-electron chi connectivity index (χ4n) is 3.70. The van der Waals surface area contributed by atoms with Crippen molar-refractivity contribution in [3.05, 3.63) is 63.4 Å². The summed E-state index contributed by atoms with van der Waals surface area (Å²) >= 11 is 0. The Morgan fingerprint density at radius 1 is 1.03 bits per heavy atom. The van der Waals surface area contributed by atoms with Crippen LogP contribution in [-0.4, -0.2) is 26.3 Å². The average molecular weight is 406 g/mol. The van der Waals surface area contributed by atoms with Gasteiger partial charge in [0, 0.05) is 11.1 Å². The number of aromatic nitrogens is 1. The van der Waals surface area contributed by atoms with Gasteiger partial charge in [-0.2, -0.15) is 5.26 Å². The number of benzene rings is 2. The zero-order valence-electron chi connectivity index (χ0n) is 18.0. The summed E-state index contributed by atoms with van der Waals surface area (Å²) in [6.45, 7) is 3.84. The molecule has 0 saturated heterocycles. The van der Waals surface area contributed by atoms with Crippen LogP contribution in [0.4, 0.5) is 0 Å². The Balaban J connectivity index is 2.06. The number of aromatic amines is 1. The number of methoxy groups -OCH3 is 3. The summed E-state index contributed by atoms with van der Waals surface area (Å²) in [5.41, 5.74) is 2.26. The molecular formula is C24H26N2O4. The number of H-pyrrole nitrogens is 1. The zero-order valence-corrected chi connectivity index (χ0v) is 18.0. The second-order valence-corrected chi connectivity index (χ2v) is 7.43. The molecule has 0 bridgehead atoms. The molecule has 0 saturated carbocycles. The minimum absolute atomic E-state index is 0.0922. The first-order chi connectivity index (χ1) is 14.4. The summed E-state index contributed by atoms with van der Waals surface area (Å²) in [5, 5.41) is 11.0. The summed E-state index contributed by atoms with van der Waals surface area (Å²) in [7, 11) is 4.68. The van der Waals surface area contributed by atoms with Crippen LogP contribution >= 0.6 is 0 Å². The lowest BCUT2D eigenvalue weighted by Crippen LogP contribution is -2.23. The first-order valence-corrected chi connectivity index (χ1v) is 9.75. The molecule has 1 unspecified atom stereocenters. The molecule has 1 aromatic heterocycles. The Hall–Kier alpha value is -3.46. The third-order valence-corrected chi connectivity index (χ3v) is 5.47. The molecule has 1 N–H and O–H groups in total. The van der Waals surface area contributed by atoms with E-state index in [4.69, 9.17) is 14.2 Å². The molecule has 0 radical (unpaired) electrons. The van der Waals surface area contributed by atoms with Gasteiger partial charge in [0.15, 0.2) is 11.5 Å². The minimum atomic E-state index is -0.820. The maximum atomic E-state index is 12.2. The Bertz CT molecular complexity index is 1150. The van der Waals surface area contributed by atoms with E-state index < -0.39 is 5.41 Å². The molecule has 1 atom stereocenters.